The number of carbonyl (C=O) groups is 3. The van der Waals surface area contributed by atoms with Gasteiger partial charge in [-0.2, -0.15) is 0 Å². The van der Waals surface area contributed by atoms with Crippen LogP contribution in [-0.4, -0.2) is 37.2 Å². The van der Waals surface area contributed by atoms with Gasteiger partial charge < -0.3 is 14.2 Å². The Labute approximate surface area is 514 Å². The monoisotopic (exact) mass is 1150 g/mol. The smallest absolute Gasteiger partial charge is 0.306 e. The Hall–Kier alpha value is -3.93. The van der Waals surface area contributed by atoms with Crippen molar-refractivity contribution in [1.82, 2.24) is 0 Å². The van der Waals surface area contributed by atoms with Crippen molar-refractivity contribution in [3.63, 3.8) is 0 Å². The molecule has 0 heterocycles. The summed E-state index contributed by atoms with van der Waals surface area (Å²) in [5.74, 6) is -0.957. The van der Waals surface area contributed by atoms with Crippen LogP contribution in [0.2, 0.25) is 0 Å². The molecule has 0 amide bonds. The average molecular weight is 1150 g/mol. The third kappa shape index (κ3) is 68.7. The highest BCUT2D eigenvalue weighted by atomic mass is 16.6. The maximum absolute atomic E-state index is 12.9. The second-order valence-electron chi connectivity index (χ2n) is 23.4. The van der Waals surface area contributed by atoms with Gasteiger partial charge in [0.15, 0.2) is 6.10 Å². The minimum atomic E-state index is -0.810. The van der Waals surface area contributed by atoms with Gasteiger partial charge in [0.2, 0.25) is 0 Å². The van der Waals surface area contributed by atoms with Gasteiger partial charge in [-0.3, -0.25) is 14.4 Å². The predicted molar refractivity (Wildman–Crippen MR) is 362 cm³/mol. The quantitative estimate of drug-likeness (QED) is 0.0261. The summed E-state index contributed by atoms with van der Waals surface area (Å²) in [6.07, 6.45) is 97.1. The van der Waals surface area contributed by atoms with E-state index in [4.69, 9.17) is 14.2 Å². The lowest BCUT2D eigenvalue weighted by Crippen LogP contribution is -2.30. The second kappa shape index (κ2) is 70.6. The molecule has 0 N–H and O–H groups in total. The standard InChI is InChI=1S/C77H132O6/c1-4-7-10-13-16-19-22-25-28-30-31-32-33-34-35-36-37-38-39-40-41-42-43-44-45-47-49-52-55-58-61-64-67-70-76(79)82-73-74(72-81-75(78)69-66-63-60-57-54-51-48-27-24-21-18-15-12-9-6-3)83-77(80)71-68-65-62-59-56-53-50-46-29-26-23-20-17-14-11-8-5-2/h8-9,11-12,17-18,20-21,26-27,29-31,48,50,53-54,57,74H,4-7,10,13-16,19,22-25,28,32-47,49,51-52,55-56,58-73H2,1-3H3/b11-8-,12-9-,20-17-,21-18-,29-26-,31-30-,48-27-,53-50-,57-54-. The van der Waals surface area contributed by atoms with Crippen LogP contribution < -0.4 is 0 Å². The van der Waals surface area contributed by atoms with Crippen molar-refractivity contribution in [2.75, 3.05) is 13.2 Å². The van der Waals surface area contributed by atoms with Gasteiger partial charge in [-0.25, -0.2) is 0 Å². The van der Waals surface area contributed by atoms with Gasteiger partial charge >= 0.3 is 17.9 Å². The largest absolute Gasteiger partial charge is 0.462 e. The lowest BCUT2D eigenvalue weighted by Gasteiger charge is -2.18. The van der Waals surface area contributed by atoms with E-state index in [0.717, 1.165) is 122 Å². The number of hydrogen-bond donors (Lipinski definition) is 0. The van der Waals surface area contributed by atoms with E-state index < -0.39 is 6.10 Å². The second-order valence-corrected chi connectivity index (χ2v) is 23.4. The number of unbranched alkanes of at least 4 members (excludes halogenated alkanes) is 35. The third-order valence-electron chi connectivity index (χ3n) is 15.2. The number of hydrogen-bond acceptors (Lipinski definition) is 6. The topological polar surface area (TPSA) is 78.9 Å². The van der Waals surface area contributed by atoms with E-state index in [9.17, 15) is 14.4 Å². The van der Waals surface area contributed by atoms with E-state index in [1.54, 1.807) is 0 Å². The molecule has 0 saturated carbocycles. The summed E-state index contributed by atoms with van der Waals surface area (Å²) in [4.78, 5) is 38.4. The van der Waals surface area contributed by atoms with Gasteiger partial charge in [-0.05, 0) is 122 Å². The van der Waals surface area contributed by atoms with Crippen molar-refractivity contribution in [3.05, 3.63) is 109 Å². The summed E-state index contributed by atoms with van der Waals surface area (Å²) in [7, 11) is 0. The van der Waals surface area contributed by atoms with E-state index in [1.165, 1.54) is 180 Å². The molecule has 0 radical (unpaired) electrons. The van der Waals surface area contributed by atoms with E-state index in [2.05, 4.69) is 130 Å². The lowest BCUT2D eigenvalue weighted by molar-refractivity contribution is -0.167. The maximum atomic E-state index is 12.9. The summed E-state index contributed by atoms with van der Waals surface area (Å²) in [6, 6.07) is 0. The van der Waals surface area contributed by atoms with Gasteiger partial charge in [-0.15, -0.1) is 0 Å². The Balaban J connectivity index is 4.22. The first-order chi connectivity index (χ1) is 41.0. The van der Waals surface area contributed by atoms with E-state index in [1.807, 2.05) is 0 Å². The van der Waals surface area contributed by atoms with Crippen LogP contribution in [0.3, 0.4) is 0 Å². The highest BCUT2D eigenvalue weighted by molar-refractivity contribution is 5.71. The normalized spacial score (nSPS) is 12.8. The minimum Gasteiger partial charge on any atom is -0.462 e. The van der Waals surface area contributed by atoms with Crippen LogP contribution in [0.5, 0.6) is 0 Å². The van der Waals surface area contributed by atoms with Crippen LogP contribution >= 0.6 is 0 Å². The number of rotatable bonds is 64. The summed E-state index contributed by atoms with van der Waals surface area (Å²) >= 11 is 0. The third-order valence-corrected chi connectivity index (χ3v) is 15.2. The molecule has 476 valence electrons. The molecule has 0 aliphatic carbocycles. The van der Waals surface area contributed by atoms with Crippen molar-refractivity contribution >= 4 is 17.9 Å². The Bertz CT molecular complexity index is 1660. The van der Waals surface area contributed by atoms with E-state index >= 15 is 0 Å². The number of allylic oxidation sites excluding steroid dienone is 18. The zero-order valence-corrected chi connectivity index (χ0v) is 54.7. The van der Waals surface area contributed by atoms with Crippen LogP contribution in [0, 0.1) is 0 Å². The molecule has 0 aromatic carbocycles. The highest BCUT2D eigenvalue weighted by Gasteiger charge is 2.19. The van der Waals surface area contributed by atoms with Crippen LogP contribution in [0.1, 0.15) is 342 Å². The van der Waals surface area contributed by atoms with E-state index in [0.29, 0.717) is 19.3 Å². The Morgan fingerprint density at radius 3 is 0.771 bits per heavy atom. The molecule has 0 fully saturated rings. The molecule has 0 aromatic heterocycles. The summed E-state index contributed by atoms with van der Waals surface area (Å²) in [6.45, 7) is 6.39. The molecule has 6 nitrogen and oxygen atoms in total. The number of ether oxygens (including phenoxy) is 3. The molecule has 0 saturated heterocycles. The molecular formula is C77H132O6. The van der Waals surface area contributed by atoms with Gasteiger partial charge in [0.1, 0.15) is 13.2 Å². The molecule has 0 aliphatic rings. The molecule has 0 rings (SSSR count). The molecule has 1 unspecified atom stereocenters. The van der Waals surface area contributed by atoms with Crippen molar-refractivity contribution in [3.8, 4) is 0 Å². The van der Waals surface area contributed by atoms with Crippen molar-refractivity contribution in [1.29, 1.82) is 0 Å². The average Bonchev–Trinajstić information content (AvgIpc) is 3.49. The van der Waals surface area contributed by atoms with Gasteiger partial charge in [-0.1, -0.05) is 310 Å². The Morgan fingerprint density at radius 1 is 0.253 bits per heavy atom. The number of carbonyl (C=O) groups excluding carboxylic acids is 3. The molecule has 6 heteroatoms. The highest BCUT2D eigenvalue weighted by Crippen LogP contribution is 2.17. The fraction of sp³-hybridized carbons (Fsp3) is 0.727. The molecule has 0 aliphatic heterocycles. The first-order valence-electron chi connectivity index (χ1n) is 35.4. The van der Waals surface area contributed by atoms with Crippen LogP contribution in [-0.2, 0) is 28.6 Å². The zero-order valence-electron chi connectivity index (χ0n) is 54.7. The molecule has 1 atom stereocenters. The van der Waals surface area contributed by atoms with Gasteiger partial charge in [0.25, 0.3) is 0 Å². The van der Waals surface area contributed by atoms with E-state index in [-0.39, 0.29) is 31.1 Å². The molecular weight excluding hydrogens is 1020 g/mol. The SMILES string of the molecule is CC/C=C\C/C=C\C/C=C\C/C=C\CCCCCCC(=O)OC(COC(=O)CCCC/C=C\C/C=C\C/C=C\C/C=C\CC)COC(=O)CCCCCCCCCCCCCCCCCCCCCCC/C=C\CCCCCCCCCC. The van der Waals surface area contributed by atoms with Crippen molar-refractivity contribution in [2.24, 2.45) is 0 Å². The zero-order chi connectivity index (χ0) is 59.9. The first kappa shape index (κ1) is 79.1. The first-order valence-corrected chi connectivity index (χ1v) is 35.4. The summed E-state index contributed by atoms with van der Waals surface area (Å²) < 4.78 is 16.9. The Kier molecular flexibility index (Phi) is 67.2. The number of esters is 3. The fourth-order valence-corrected chi connectivity index (χ4v) is 10.0. The molecule has 0 aromatic rings. The van der Waals surface area contributed by atoms with Crippen molar-refractivity contribution in [2.45, 2.75) is 348 Å². The Morgan fingerprint density at radius 2 is 0.470 bits per heavy atom. The molecule has 0 bridgehead atoms. The van der Waals surface area contributed by atoms with Gasteiger partial charge in [0, 0.05) is 19.3 Å². The van der Waals surface area contributed by atoms with Gasteiger partial charge in [0.05, 0.1) is 0 Å². The predicted octanol–water partition coefficient (Wildman–Crippen LogP) is 24.6. The van der Waals surface area contributed by atoms with Crippen molar-refractivity contribution < 1.29 is 28.6 Å². The lowest BCUT2D eigenvalue weighted by atomic mass is 10.0. The molecule has 83 heavy (non-hydrogen) atoms. The summed E-state index contributed by atoms with van der Waals surface area (Å²) in [5, 5.41) is 0. The van der Waals surface area contributed by atoms with Crippen LogP contribution in [0.25, 0.3) is 0 Å². The molecule has 0 spiro atoms. The maximum Gasteiger partial charge on any atom is 0.306 e. The van der Waals surface area contributed by atoms with Crippen LogP contribution in [0.4, 0.5) is 0 Å². The minimum absolute atomic E-state index is 0.100. The van der Waals surface area contributed by atoms with Crippen LogP contribution in [0.15, 0.2) is 109 Å². The fourth-order valence-electron chi connectivity index (χ4n) is 10.0. The summed E-state index contributed by atoms with van der Waals surface area (Å²) in [5.41, 5.74) is 0.